The summed E-state index contributed by atoms with van der Waals surface area (Å²) in [6.45, 7) is 2.43. The molecular weight excluding hydrogens is 222 g/mol. The highest BCUT2D eigenvalue weighted by Gasteiger charge is 2.31. The van der Waals surface area contributed by atoms with Crippen molar-refractivity contribution in [2.45, 2.75) is 19.4 Å². The Kier molecular flexibility index (Phi) is 3.56. The first-order valence-corrected chi connectivity index (χ1v) is 6.47. The van der Waals surface area contributed by atoms with Crippen molar-refractivity contribution in [1.29, 1.82) is 0 Å². The van der Waals surface area contributed by atoms with Gasteiger partial charge in [0, 0.05) is 19.0 Å². The van der Waals surface area contributed by atoms with Gasteiger partial charge in [0.1, 0.15) is 0 Å². The number of carbonyl (C=O) groups is 1. The van der Waals surface area contributed by atoms with Crippen LogP contribution in [0.5, 0.6) is 0 Å². The summed E-state index contributed by atoms with van der Waals surface area (Å²) in [5.74, 6) is -0.0455. The zero-order valence-electron chi connectivity index (χ0n) is 8.71. The van der Waals surface area contributed by atoms with Crippen molar-refractivity contribution in [3.63, 3.8) is 0 Å². The van der Waals surface area contributed by atoms with Crippen molar-refractivity contribution in [3.05, 3.63) is 0 Å². The Morgan fingerprint density at radius 3 is 2.60 bits per heavy atom. The van der Waals surface area contributed by atoms with Crippen LogP contribution >= 0.6 is 0 Å². The number of carboxylic acid groups (broad SMARTS) is 1. The molecule has 1 amide bonds. The molecule has 0 aromatic rings. The molecule has 1 aliphatic rings. The number of hydrogen-bond acceptors (Lipinski definition) is 4. The van der Waals surface area contributed by atoms with Gasteiger partial charge in [0.15, 0.2) is 0 Å². The summed E-state index contributed by atoms with van der Waals surface area (Å²) in [6.07, 6.45) is 0.199. The first-order chi connectivity index (χ1) is 6.79. The standard InChI is InChI=1S/C8H15NO5S/c1-6(14-15(2,12)13)7-3-4-9(5-7)8(10)11/h6-7H,3-5H2,1-2H3,(H,10,11). The van der Waals surface area contributed by atoms with Crippen LogP contribution in [-0.4, -0.2) is 50.0 Å². The Bertz CT molecular complexity index is 339. The third kappa shape index (κ3) is 3.67. The molecule has 0 radical (unpaired) electrons. The summed E-state index contributed by atoms with van der Waals surface area (Å²) in [4.78, 5) is 11.9. The second-order valence-corrected chi connectivity index (χ2v) is 5.38. The SMILES string of the molecule is CC(OS(C)(=O)=O)C1CCN(C(=O)O)C1. The molecule has 0 bridgehead atoms. The topological polar surface area (TPSA) is 83.9 Å². The summed E-state index contributed by atoms with van der Waals surface area (Å²) in [5.41, 5.74) is 0. The van der Waals surface area contributed by atoms with Gasteiger partial charge < -0.3 is 10.0 Å². The van der Waals surface area contributed by atoms with Crippen molar-refractivity contribution in [2.75, 3.05) is 19.3 Å². The molecule has 0 aromatic heterocycles. The van der Waals surface area contributed by atoms with E-state index >= 15 is 0 Å². The molecule has 6 nitrogen and oxygen atoms in total. The maximum absolute atomic E-state index is 10.9. The summed E-state index contributed by atoms with van der Waals surface area (Å²) < 4.78 is 26.5. The molecule has 1 fully saturated rings. The number of amides is 1. The highest BCUT2D eigenvalue weighted by atomic mass is 32.2. The zero-order chi connectivity index (χ0) is 11.6. The number of nitrogens with zero attached hydrogens (tertiary/aromatic N) is 1. The molecule has 1 saturated heterocycles. The highest BCUT2D eigenvalue weighted by molar-refractivity contribution is 7.86. The van der Waals surface area contributed by atoms with Crippen molar-refractivity contribution < 1.29 is 22.5 Å². The van der Waals surface area contributed by atoms with Crippen molar-refractivity contribution in [2.24, 2.45) is 5.92 Å². The molecule has 1 heterocycles. The lowest BCUT2D eigenvalue weighted by Crippen LogP contribution is -2.30. The Hall–Kier alpha value is -0.820. The van der Waals surface area contributed by atoms with Gasteiger partial charge >= 0.3 is 6.09 Å². The van der Waals surface area contributed by atoms with E-state index in [-0.39, 0.29) is 5.92 Å². The van der Waals surface area contributed by atoms with E-state index < -0.39 is 22.3 Å². The summed E-state index contributed by atoms with van der Waals surface area (Å²) in [6, 6.07) is 0. The van der Waals surface area contributed by atoms with Crippen molar-refractivity contribution in [1.82, 2.24) is 4.90 Å². The zero-order valence-corrected chi connectivity index (χ0v) is 9.53. The minimum Gasteiger partial charge on any atom is -0.465 e. The van der Waals surface area contributed by atoms with Gasteiger partial charge in [0.2, 0.25) is 0 Å². The molecule has 0 saturated carbocycles. The Balaban J connectivity index is 2.50. The predicted octanol–water partition coefficient (Wildman–Crippen LogP) is 0.351. The van der Waals surface area contributed by atoms with Crippen molar-refractivity contribution in [3.8, 4) is 0 Å². The molecule has 0 spiro atoms. The third-order valence-electron chi connectivity index (χ3n) is 2.49. The van der Waals surface area contributed by atoms with Crippen LogP contribution in [0.4, 0.5) is 4.79 Å². The minimum absolute atomic E-state index is 0.0455. The Morgan fingerprint density at radius 1 is 1.60 bits per heavy atom. The van der Waals surface area contributed by atoms with E-state index in [1.54, 1.807) is 6.92 Å². The molecular formula is C8H15NO5S. The third-order valence-corrected chi connectivity index (χ3v) is 3.14. The fourth-order valence-corrected chi connectivity index (χ4v) is 2.41. The average Bonchev–Trinajstić information content (AvgIpc) is 2.47. The predicted molar refractivity (Wildman–Crippen MR) is 53.1 cm³/mol. The first kappa shape index (κ1) is 12.3. The van der Waals surface area contributed by atoms with E-state index in [2.05, 4.69) is 0 Å². The Labute approximate surface area is 89.0 Å². The van der Waals surface area contributed by atoms with Crippen molar-refractivity contribution >= 4 is 16.2 Å². The van der Waals surface area contributed by atoms with Crippen LogP contribution in [0, 0.1) is 5.92 Å². The van der Waals surface area contributed by atoms with Gasteiger partial charge in [-0.05, 0) is 13.3 Å². The molecule has 1 aliphatic heterocycles. The van der Waals surface area contributed by atoms with E-state index in [0.29, 0.717) is 19.5 Å². The normalized spacial score (nSPS) is 24.1. The second kappa shape index (κ2) is 4.36. The van der Waals surface area contributed by atoms with Crippen LogP contribution < -0.4 is 0 Å². The van der Waals surface area contributed by atoms with Crippen LogP contribution in [0.15, 0.2) is 0 Å². The van der Waals surface area contributed by atoms with Crippen LogP contribution in [0.25, 0.3) is 0 Å². The largest absolute Gasteiger partial charge is 0.465 e. The summed E-state index contributed by atoms with van der Waals surface area (Å²) >= 11 is 0. The lowest BCUT2D eigenvalue weighted by atomic mass is 10.0. The maximum Gasteiger partial charge on any atom is 0.407 e. The molecule has 2 unspecified atom stereocenters. The van der Waals surface area contributed by atoms with Crippen LogP contribution in [0.2, 0.25) is 0 Å². The van der Waals surface area contributed by atoms with Gasteiger partial charge in [-0.3, -0.25) is 4.18 Å². The molecule has 0 aliphatic carbocycles. The lowest BCUT2D eigenvalue weighted by Gasteiger charge is -2.18. The van der Waals surface area contributed by atoms with E-state index in [1.165, 1.54) is 4.90 Å². The van der Waals surface area contributed by atoms with E-state index in [0.717, 1.165) is 6.26 Å². The summed E-state index contributed by atoms with van der Waals surface area (Å²) in [7, 11) is -3.46. The van der Waals surface area contributed by atoms with Crippen LogP contribution in [-0.2, 0) is 14.3 Å². The summed E-state index contributed by atoms with van der Waals surface area (Å²) in [5, 5.41) is 8.71. The smallest absolute Gasteiger partial charge is 0.407 e. The number of likely N-dealkylation sites (tertiary alicyclic amines) is 1. The molecule has 0 aromatic carbocycles. The van der Waals surface area contributed by atoms with E-state index in [1.807, 2.05) is 0 Å². The second-order valence-electron chi connectivity index (χ2n) is 3.78. The molecule has 2 atom stereocenters. The lowest BCUT2D eigenvalue weighted by molar-refractivity contribution is 0.140. The van der Waals surface area contributed by atoms with Gasteiger partial charge in [-0.2, -0.15) is 8.42 Å². The number of hydrogen-bond donors (Lipinski definition) is 1. The fraction of sp³-hybridized carbons (Fsp3) is 0.875. The van der Waals surface area contributed by atoms with Crippen LogP contribution in [0.3, 0.4) is 0 Å². The van der Waals surface area contributed by atoms with E-state index in [9.17, 15) is 13.2 Å². The van der Waals surface area contributed by atoms with Gasteiger partial charge in [0.25, 0.3) is 10.1 Å². The molecule has 15 heavy (non-hydrogen) atoms. The first-order valence-electron chi connectivity index (χ1n) is 4.65. The van der Waals surface area contributed by atoms with Gasteiger partial charge in [-0.25, -0.2) is 4.79 Å². The minimum atomic E-state index is -3.46. The molecule has 7 heteroatoms. The number of rotatable bonds is 3. The maximum atomic E-state index is 10.9. The van der Waals surface area contributed by atoms with Gasteiger partial charge in [0.05, 0.1) is 12.4 Å². The van der Waals surface area contributed by atoms with Crippen LogP contribution in [0.1, 0.15) is 13.3 Å². The average molecular weight is 237 g/mol. The van der Waals surface area contributed by atoms with Gasteiger partial charge in [-0.15, -0.1) is 0 Å². The van der Waals surface area contributed by atoms with Gasteiger partial charge in [-0.1, -0.05) is 0 Å². The van der Waals surface area contributed by atoms with E-state index in [4.69, 9.17) is 9.29 Å². The highest BCUT2D eigenvalue weighted by Crippen LogP contribution is 2.22. The molecule has 1 N–H and O–H groups in total. The molecule has 1 rings (SSSR count). The Morgan fingerprint density at radius 2 is 2.20 bits per heavy atom. The molecule has 88 valence electrons. The monoisotopic (exact) mass is 237 g/mol. The quantitative estimate of drug-likeness (QED) is 0.716. The fourth-order valence-electron chi connectivity index (χ4n) is 1.70.